The van der Waals surface area contributed by atoms with Crippen LogP contribution in [-0.2, 0) is 26.2 Å². The highest BCUT2D eigenvalue weighted by Crippen LogP contribution is 2.39. The lowest BCUT2D eigenvalue weighted by atomic mass is 9.97. The smallest absolute Gasteiger partial charge is 0.368 e. The third kappa shape index (κ3) is 4.55. The molecule has 174 valence electrons. The van der Waals surface area contributed by atoms with E-state index < -0.39 is 17.6 Å². The van der Waals surface area contributed by atoms with Gasteiger partial charge in [0.05, 0.1) is 12.1 Å². The Morgan fingerprint density at radius 1 is 1.18 bits per heavy atom. The average Bonchev–Trinajstić information content (AvgIpc) is 3.29. The van der Waals surface area contributed by atoms with Crippen molar-refractivity contribution in [2.24, 2.45) is 7.05 Å². The van der Waals surface area contributed by atoms with Gasteiger partial charge in [-0.15, -0.1) is 10.2 Å². The number of hydrogen-bond acceptors (Lipinski definition) is 5. The highest BCUT2D eigenvalue weighted by Gasteiger charge is 2.40. The van der Waals surface area contributed by atoms with Gasteiger partial charge >= 0.3 is 6.18 Å². The maximum atomic E-state index is 13.5. The molecule has 2 aromatic heterocycles. The number of nitrogens with one attached hydrogen (secondary N) is 1. The molecular weight excluding hydrogens is 433 g/mol. The van der Waals surface area contributed by atoms with Crippen LogP contribution in [0.3, 0.4) is 0 Å². The van der Waals surface area contributed by atoms with Gasteiger partial charge in [-0.3, -0.25) is 9.69 Å². The van der Waals surface area contributed by atoms with E-state index in [2.05, 4.69) is 20.5 Å². The lowest BCUT2D eigenvalue weighted by molar-refractivity contribution is -0.138. The summed E-state index contributed by atoms with van der Waals surface area (Å²) < 4.78 is 42.4. The molecule has 33 heavy (non-hydrogen) atoms. The quantitative estimate of drug-likeness (QED) is 0.586. The van der Waals surface area contributed by atoms with Crippen molar-refractivity contribution in [1.29, 1.82) is 0 Å². The van der Waals surface area contributed by atoms with Crippen LogP contribution in [0.2, 0.25) is 0 Å². The van der Waals surface area contributed by atoms with E-state index in [1.165, 1.54) is 17.0 Å². The van der Waals surface area contributed by atoms with Crippen molar-refractivity contribution in [2.45, 2.75) is 51.9 Å². The monoisotopic (exact) mass is 458 g/mol. The van der Waals surface area contributed by atoms with E-state index >= 15 is 0 Å². The van der Waals surface area contributed by atoms with Crippen LogP contribution in [0.15, 0.2) is 36.7 Å². The second-order valence-electron chi connectivity index (χ2n) is 8.63. The average molecular weight is 458 g/mol. The summed E-state index contributed by atoms with van der Waals surface area (Å²) in [7, 11) is 1.87. The van der Waals surface area contributed by atoms with Gasteiger partial charge < -0.3 is 9.88 Å². The maximum Gasteiger partial charge on any atom is 0.416 e. The van der Waals surface area contributed by atoms with Crippen LogP contribution in [0.5, 0.6) is 0 Å². The number of benzene rings is 1. The lowest BCUT2D eigenvalue weighted by Crippen LogP contribution is -2.25. The van der Waals surface area contributed by atoms with Crippen molar-refractivity contribution in [3.05, 3.63) is 64.7 Å². The Bertz CT molecular complexity index is 1190. The first-order valence-electron chi connectivity index (χ1n) is 10.7. The summed E-state index contributed by atoms with van der Waals surface area (Å²) in [6, 6.07) is 7.46. The van der Waals surface area contributed by atoms with E-state index in [0.29, 0.717) is 18.1 Å². The van der Waals surface area contributed by atoms with Gasteiger partial charge in [0.25, 0.3) is 5.91 Å². The molecule has 0 aliphatic carbocycles. The number of halogens is 3. The molecule has 0 fully saturated rings. The van der Waals surface area contributed by atoms with Crippen molar-refractivity contribution in [2.75, 3.05) is 10.2 Å². The Labute approximate surface area is 189 Å². The Morgan fingerprint density at radius 3 is 2.58 bits per heavy atom. The number of aryl methyl sites for hydroxylation is 1. The van der Waals surface area contributed by atoms with E-state index in [9.17, 15) is 18.0 Å². The zero-order valence-corrected chi connectivity index (χ0v) is 18.8. The lowest BCUT2D eigenvalue weighted by Gasteiger charge is -2.21. The Balaban J connectivity index is 1.72. The predicted molar refractivity (Wildman–Crippen MR) is 118 cm³/mol. The van der Waals surface area contributed by atoms with Crippen molar-refractivity contribution in [1.82, 2.24) is 19.7 Å². The summed E-state index contributed by atoms with van der Waals surface area (Å²) in [5, 5.41) is 11.3. The number of aromatic nitrogens is 4. The summed E-state index contributed by atoms with van der Waals surface area (Å²) in [5.74, 6) is 1.20. The number of carbonyl (C=O) groups is 1. The molecular formula is C23H25F3N6O. The third-order valence-electron chi connectivity index (χ3n) is 5.68. The third-order valence-corrected chi connectivity index (χ3v) is 5.68. The van der Waals surface area contributed by atoms with Crippen LogP contribution in [-0.4, -0.2) is 31.7 Å². The maximum absolute atomic E-state index is 13.5. The number of carbonyl (C=O) groups excluding carboxylic acids is 1. The van der Waals surface area contributed by atoms with E-state index in [1.54, 1.807) is 12.4 Å². The molecule has 3 aromatic rings. The van der Waals surface area contributed by atoms with Gasteiger partial charge in [-0.1, -0.05) is 13.0 Å². The normalized spacial score (nSPS) is 14.7. The zero-order valence-electron chi connectivity index (χ0n) is 18.8. The molecule has 0 radical (unpaired) electrons. The van der Waals surface area contributed by atoms with E-state index in [0.717, 1.165) is 17.5 Å². The van der Waals surface area contributed by atoms with Crippen LogP contribution < -0.4 is 10.2 Å². The minimum Gasteiger partial charge on any atom is -0.368 e. The molecule has 1 N–H and O–H groups in total. The molecule has 1 aliphatic rings. The van der Waals surface area contributed by atoms with Crippen LogP contribution in [0, 0.1) is 0 Å². The second kappa shape index (κ2) is 8.49. The van der Waals surface area contributed by atoms with Crippen molar-refractivity contribution in [3.8, 4) is 0 Å². The number of anilines is 2. The first-order valence-corrected chi connectivity index (χ1v) is 10.7. The van der Waals surface area contributed by atoms with Crippen LogP contribution in [0.1, 0.15) is 59.6 Å². The molecule has 1 unspecified atom stereocenters. The first kappa shape index (κ1) is 22.8. The molecule has 0 saturated carbocycles. The minimum absolute atomic E-state index is 0.00757. The summed E-state index contributed by atoms with van der Waals surface area (Å²) in [6.45, 7) is 5.77. The van der Waals surface area contributed by atoms with Gasteiger partial charge in [0, 0.05) is 25.1 Å². The number of pyridine rings is 1. The fourth-order valence-electron chi connectivity index (χ4n) is 4.00. The predicted octanol–water partition coefficient (Wildman–Crippen LogP) is 4.56. The van der Waals surface area contributed by atoms with Crippen molar-refractivity contribution >= 4 is 17.5 Å². The van der Waals surface area contributed by atoms with Crippen LogP contribution in [0.4, 0.5) is 24.8 Å². The number of nitrogens with zero attached hydrogens (tertiary/aromatic N) is 5. The number of alkyl halides is 3. The number of rotatable bonds is 6. The zero-order chi connectivity index (χ0) is 23.9. The second-order valence-corrected chi connectivity index (χ2v) is 8.63. The molecule has 4 rings (SSSR count). The molecule has 1 amide bonds. The number of amides is 1. The SMILES string of the molecule is CC(C)Nc1cc(C(C)Cc2nncn2C)cc(N2Cc3c(cccc3C(F)(F)F)C2=O)n1. The van der Waals surface area contributed by atoms with Crippen molar-refractivity contribution in [3.63, 3.8) is 0 Å². The largest absolute Gasteiger partial charge is 0.416 e. The number of hydrogen-bond donors (Lipinski definition) is 1. The fourth-order valence-corrected chi connectivity index (χ4v) is 4.00. The van der Waals surface area contributed by atoms with Crippen molar-refractivity contribution < 1.29 is 18.0 Å². The summed E-state index contributed by atoms with van der Waals surface area (Å²) in [6.07, 6.45) is -2.30. The molecule has 3 heterocycles. The highest BCUT2D eigenvalue weighted by molar-refractivity contribution is 6.10. The van der Waals surface area contributed by atoms with E-state index in [-0.39, 0.29) is 29.6 Å². The fraction of sp³-hybridized carbons (Fsp3) is 0.391. The molecule has 1 aliphatic heterocycles. The van der Waals surface area contributed by atoms with Crippen LogP contribution in [0.25, 0.3) is 0 Å². The molecule has 0 bridgehead atoms. The molecule has 7 nitrogen and oxygen atoms in total. The first-order chi connectivity index (χ1) is 15.5. The number of fused-ring (bicyclic) bond motifs is 1. The highest BCUT2D eigenvalue weighted by atomic mass is 19.4. The summed E-state index contributed by atoms with van der Waals surface area (Å²) >= 11 is 0. The van der Waals surface area contributed by atoms with Gasteiger partial charge in [0.2, 0.25) is 0 Å². The summed E-state index contributed by atoms with van der Waals surface area (Å²) in [5.41, 5.74) is 0.143. The molecule has 0 saturated heterocycles. The molecule has 1 aromatic carbocycles. The summed E-state index contributed by atoms with van der Waals surface area (Å²) in [4.78, 5) is 18.9. The standard InChI is InChI=1S/C23H25F3N6O/c1-13(2)28-19-9-15(14(3)8-21-30-27-12-31(21)4)10-20(29-19)32-11-17-16(22(32)33)6-5-7-18(17)23(24,25)26/h5-7,9-10,12-14H,8,11H2,1-4H3,(H,28,29). The Hall–Kier alpha value is -3.43. The van der Waals surface area contributed by atoms with E-state index in [1.807, 2.05) is 38.5 Å². The van der Waals surface area contributed by atoms with Gasteiger partial charge in [-0.25, -0.2) is 4.98 Å². The molecule has 0 spiro atoms. The van der Waals surface area contributed by atoms with Gasteiger partial charge in [-0.2, -0.15) is 13.2 Å². The topological polar surface area (TPSA) is 75.9 Å². The van der Waals surface area contributed by atoms with Gasteiger partial charge in [-0.05, 0) is 55.2 Å². The Morgan fingerprint density at radius 2 is 1.94 bits per heavy atom. The van der Waals surface area contributed by atoms with E-state index in [4.69, 9.17) is 0 Å². The van der Waals surface area contributed by atoms with Crippen LogP contribution >= 0.6 is 0 Å². The van der Waals surface area contributed by atoms with Gasteiger partial charge in [0.15, 0.2) is 0 Å². The Kier molecular flexibility index (Phi) is 5.85. The minimum atomic E-state index is -4.54. The van der Waals surface area contributed by atoms with Gasteiger partial charge in [0.1, 0.15) is 23.8 Å². The molecule has 10 heteroatoms. The molecule has 1 atom stereocenters.